The third-order valence-corrected chi connectivity index (χ3v) is 1.62. The summed E-state index contributed by atoms with van der Waals surface area (Å²) in [6, 6.07) is 0. The standard InChI is InChI=1S/C5H4Cl2F4O2/c6-4(8,9)1-3(13,2-12)5(7,10)11/h2,13H,1H2. The fourth-order valence-electron chi connectivity index (χ4n) is 0.514. The van der Waals surface area contributed by atoms with Gasteiger partial charge in [-0.3, -0.25) is 4.79 Å². The van der Waals surface area contributed by atoms with Crippen molar-refractivity contribution in [1.82, 2.24) is 0 Å². The van der Waals surface area contributed by atoms with E-state index >= 15 is 0 Å². The molecule has 8 heteroatoms. The number of aliphatic hydroxyl groups is 1. The minimum absolute atomic E-state index is 0.768. The first kappa shape index (κ1) is 12.9. The van der Waals surface area contributed by atoms with E-state index in [0.717, 1.165) is 0 Å². The van der Waals surface area contributed by atoms with Crippen LogP contribution in [-0.4, -0.2) is 27.8 Å². The molecule has 0 aliphatic rings. The molecule has 1 unspecified atom stereocenters. The van der Waals surface area contributed by atoms with Gasteiger partial charge in [0.2, 0.25) is 5.60 Å². The van der Waals surface area contributed by atoms with Crippen molar-refractivity contribution in [3.63, 3.8) is 0 Å². The van der Waals surface area contributed by atoms with Gasteiger partial charge in [0.05, 0.1) is 6.42 Å². The lowest BCUT2D eigenvalue weighted by molar-refractivity contribution is -0.164. The summed E-state index contributed by atoms with van der Waals surface area (Å²) in [5, 5.41) is 0.0537. The van der Waals surface area contributed by atoms with Crippen LogP contribution in [-0.2, 0) is 4.79 Å². The van der Waals surface area contributed by atoms with Crippen molar-refractivity contribution in [1.29, 1.82) is 0 Å². The van der Waals surface area contributed by atoms with Gasteiger partial charge in [-0.25, -0.2) is 0 Å². The first-order valence-corrected chi connectivity index (χ1v) is 3.59. The van der Waals surface area contributed by atoms with Crippen LogP contribution >= 0.6 is 23.2 Å². The van der Waals surface area contributed by atoms with E-state index in [1.165, 1.54) is 0 Å². The highest BCUT2D eigenvalue weighted by molar-refractivity contribution is 6.24. The Hall–Kier alpha value is -0.0700. The van der Waals surface area contributed by atoms with Crippen molar-refractivity contribution in [2.45, 2.75) is 22.8 Å². The summed E-state index contributed by atoms with van der Waals surface area (Å²) in [5.41, 5.74) is -3.67. The van der Waals surface area contributed by atoms with Gasteiger partial charge in [-0.15, -0.1) is 0 Å². The molecule has 0 amide bonds. The van der Waals surface area contributed by atoms with Crippen LogP contribution in [0.2, 0.25) is 0 Å². The van der Waals surface area contributed by atoms with Crippen LogP contribution in [0.15, 0.2) is 0 Å². The SMILES string of the molecule is O=CC(O)(CC(F)(F)Cl)C(F)(F)Cl. The second kappa shape index (κ2) is 3.59. The molecule has 0 aromatic carbocycles. The zero-order valence-corrected chi connectivity index (χ0v) is 7.42. The molecule has 0 heterocycles. The monoisotopic (exact) mass is 242 g/mol. The van der Waals surface area contributed by atoms with Gasteiger partial charge in [0.15, 0.2) is 6.29 Å². The van der Waals surface area contributed by atoms with Gasteiger partial charge in [0, 0.05) is 0 Å². The highest BCUT2D eigenvalue weighted by atomic mass is 35.5. The lowest BCUT2D eigenvalue weighted by Gasteiger charge is -2.27. The van der Waals surface area contributed by atoms with Crippen LogP contribution in [0, 0.1) is 0 Å². The summed E-state index contributed by atoms with van der Waals surface area (Å²) in [5.74, 6) is 0. The Balaban J connectivity index is 4.77. The average Bonchev–Trinajstić information content (AvgIpc) is 1.81. The Morgan fingerprint density at radius 3 is 1.69 bits per heavy atom. The van der Waals surface area contributed by atoms with Crippen LogP contribution < -0.4 is 0 Å². The Morgan fingerprint density at radius 2 is 1.62 bits per heavy atom. The molecular weight excluding hydrogens is 239 g/mol. The number of rotatable bonds is 4. The van der Waals surface area contributed by atoms with E-state index in [-0.39, 0.29) is 0 Å². The van der Waals surface area contributed by atoms with E-state index in [1.807, 2.05) is 0 Å². The number of carbonyl (C=O) groups is 1. The van der Waals surface area contributed by atoms with Crippen molar-refractivity contribution < 1.29 is 27.5 Å². The lowest BCUT2D eigenvalue weighted by atomic mass is 10.0. The molecule has 0 aromatic rings. The minimum Gasteiger partial charge on any atom is -0.375 e. The lowest BCUT2D eigenvalue weighted by Crippen LogP contribution is -2.48. The number of hydrogen-bond acceptors (Lipinski definition) is 2. The van der Waals surface area contributed by atoms with Gasteiger partial charge in [0.25, 0.3) is 0 Å². The maximum Gasteiger partial charge on any atom is 0.356 e. The minimum atomic E-state index is -4.49. The van der Waals surface area contributed by atoms with Gasteiger partial charge in [0.1, 0.15) is 0 Å². The number of alkyl halides is 6. The maximum absolute atomic E-state index is 12.2. The van der Waals surface area contributed by atoms with Crippen molar-refractivity contribution in [3.05, 3.63) is 0 Å². The van der Waals surface area contributed by atoms with E-state index in [2.05, 4.69) is 23.2 Å². The Bertz CT molecular complexity index is 200. The summed E-state index contributed by atoms with van der Waals surface area (Å²) in [6.45, 7) is 0. The fraction of sp³-hybridized carbons (Fsp3) is 0.800. The fourth-order valence-corrected chi connectivity index (χ4v) is 0.829. The molecular formula is C5H4Cl2F4O2. The molecule has 1 atom stereocenters. The molecule has 0 fully saturated rings. The molecule has 78 valence electrons. The zero-order valence-electron chi connectivity index (χ0n) is 5.91. The highest BCUT2D eigenvalue weighted by Gasteiger charge is 2.56. The third kappa shape index (κ3) is 3.66. The predicted octanol–water partition coefficient (Wildman–Crippen LogP) is 1.97. The molecule has 0 saturated carbocycles. The topological polar surface area (TPSA) is 37.3 Å². The summed E-state index contributed by atoms with van der Waals surface area (Å²) in [6.07, 6.45) is -2.72. The molecule has 0 aliphatic carbocycles. The molecule has 2 nitrogen and oxygen atoms in total. The average molecular weight is 243 g/mol. The Morgan fingerprint density at radius 1 is 1.23 bits per heavy atom. The Kier molecular flexibility index (Phi) is 3.57. The normalized spacial score (nSPS) is 18.1. The van der Waals surface area contributed by atoms with Gasteiger partial charge >= 0.3 is 10.8 Å². The smallest absolute Gasteiger partial charge is 0.356 e. The predicted molar refractivity (Wildman–Crippen MR) is 37.2 cm³/mol. The summed E-state index contributed by atoms with van der Waals surface area (Å²) in [7, 11) is 0. The van der Waals surface area contributed by atoms with Gasteiger partial charge < -0.3 is 5.11 Å². The number of carbonyl (C=O) groups excluding carboxylic acids is 1. The zero-order chi connectivity index (χ0) is 10.9. The van der Waals surface area contributed by atoms with Crippen LogP contribution in [0.25, 0.3) is 0 Å². The van der Waals surface area contributed by atoms with Crippen LogP contribution in [0.1, 0.15) is 6.42 Å². The molecule has 0 saturated heterocycles. The quantitative estimate of drug-likeness (QED) is 0.465. The molecule has 13 heavy (non-hydrogen) atoms. The maximum atomic E-state index is 12.2. The van der Waals surface area contributed by atoms with E-state index in [0.29, 0.717) is 0 Å². The summed E-state index contributed by atoms with van der Waals surface area (Å²) >= 11 is 8.50. The highest BCUT2D eigenvalue weighted by Crippen LogP contribution is 2.40. The summed E-state index contributed by atoms with van der Waals surface area (Å²) < 4.78 is 48.4. The number of aldehydes is 1. The molecule has 0 rings (SSSR count). The van der Waals surface area contributed by atoms with Crippen molar-refractivity contribution >= 4 is 29.5 Å². The largest absolute Gasteiger partial charge is 0.375 e. The molecule has 0 aliphatic heterocycles. The van der Waals surface area contributed by atoms with Crippen LogP contribution in [0.4, 0.5) is 17.6 Å². The summed E-state index contributed by atoms with van der Waals surface area (Å²) in [4.78, 5) is 9.94. The molecule has 0 aromatic heterocycles. The van der Waals surface area contributed by atoms with E-state index in [1.54, 1.807) is 0 Å². The van der Waals surface area contributed by atoms with Crippen LogP contribution in [0.3, 0.4) is 0 Å². The third-order valence-electron chi connectivity index (χ3n) is 1.16. The van der Waals surface area contributed by atoms with Crippen molar-refractivity contribution in [3.8, 4) is 0 Å². The van der Waals surface area contributed by atoms with E-state index in [4.69, 9.17) is 5.11 Å². The second-order valence-corrected chi connectivity index (χ2v) is 3.36. The van der Waals surface area contributed by atoms with Crippen LogP contribution in [0.5, 0.6) is 0 Å². The van der Waals surface area contributed by atoms with Gasteiger partial charge in [-0.2, -0.15) is 17.6 Å². The van der Waals surface area contributed by atoms with E-state index < -0.39 is 29.1 Å². The number of hydrogen-bond donors (Lipinski definition) is 1. The van der Waals surface area contributed by atoms with E-state index in [9.17, 15) is 22.4 Å². The Labute approximate surface area is 80.4 Å². The molecule has 0 radical (unpaired) electrons. The molecule has 0 spiro atoms. The first-order chi connectivity index (χ1) is 5.52. The number of halogens is 6. The first-order valence-electron chi connectivity index (χ1n) is 2.84. The molecule has 1 N–H and O–H groups in total. The van der Waals surface area contributed by atoms with Crippen molar-refractivity contribution in [2.24, 2.45) is 0 Å². The van der Waals surface area contributed by atoms with Crippen molar-refractivity contribution in [2.75, 3.05) is 0 Å². The van der Waals surface area contributed by atoms with Gasteiger partial charge in [-0.05, 0) is 23.2 Å². The molecule has 0 bridgehead atoms. The second-order valence-electron chi connectivity index (χ2n) is 2.33. The van der Waals surface area contributed by atoms with Gasteiger partial charge in [-0.1, -0.05) is 0 Å².